The van der Waals surface area contributed by atoms with Crippen molar-refractivity contribution in [3.05, 3.63) is 17.7 Å². The van der Waals surface area contributed by atoms with Crippen LogP contribution in [-0.2, 0) is 10.0 Å². The largest absolute Gasteiger partial charge is 0.399 e. The van der Waals surface area contributed by atoms with Crippen molar-refractivity contribution in [2.24, 2.45) is 5.14 Å². The minimum absolute atomic E-state index is 0.0812. The molecule has 1 aromatic carbocycles. The van der Waals surface area contributed by atoms with Crippen molar-refractivity contribution in [1.82, 2.24) is 0 Å². The first-order chi connectivity index (χ1) is 8.75. The highest BCUT2D eigenvalue weighted by Gasteiger charge is 2.16. The van der Waals surface area contributed by atoms with E-state index in [0.29, 0.717) is 11.3 Å². The number of nitrogens with one attached hydrogen (secondary N) is 1. The van der Waals surface area contributed by atoms with Crippen LogP contribution in [0.15, 0.2) is 17.0 Å². The number of anilines is 2. The zero-order valence-electron chi connectivity index (χ0n) is 11.7. The molecule has 0 heterocycles. The van der Waals surface area contributed by atoms with Crippen LogP contribution in [0.4, 0.5) is 11.4 Å². The molecule has 1 rings (SSSR count). The van der Waals surface area contributed by atoms with Crippen molar-refractivity contribution in [1.29, 1.82) is 0 Å². The van der Waals surface area contributed by atoms with Gasteiger partial charge in [-0.15, -0.1) is 0 Å². The Kier molecular flexibility index (Phi) is 5.20. The fourth-order valence-corrected chi connectivity index (χ4v) is 2.84. The van der Waals surface area contributed by atoms with Crippen LogP contribution in [0.1, 0.15) is 38.7 Å². The van der Waals surface area contributed by atoms with E-state index in [1.807, 2.05) is 0 Å². The van der Waals surface area contributed by atoms with Crippen LogP contribution in [0.25, 0.3) is 0 Å². The van der Waals surface area contributed by atoms with E-state index in [2.05, 4.69) is 19.2 Å². The van der Waals surface area contributed by atoms with Gasteiger partial charge < -0.3 is 11.1 Å². The van der Waals surface area contributed by atoms with E-state index in [9.17, 15) is 8.42 Å². The zero-order valence-corrected chi connectivity index (χ0v) is 12.5. The maximum Gasteiger partial charge on any atom is 0.238 e. The number of nitrogen functional groups attached to an aromatic ring is 1. The van der Waals surface area contributed by atoms with Gasteiger partial charge in [0, 0.05) is 17.4 Å². The summed E-state index contributed by atoms with van der Waals surface area (Å²) in [7, 11) is -3.75. The molecular weight excluding hydrogens is 262 g/mol. The average Bonchev–Trinajstić information content (AvgIpc) is 2.29. The molecule has 1 unspecified atom stereocenters. The smallest absolute Gasteiger partial charge is 0.238 e. The van der Waals surface area contributed by atoms with Crippen LogP contribution >= 0.6 is 0 Å². The summed E-state index contributed by atoms with van der Waals surface area (Å²) in [5.74, 6) is 0. The number of sulfonamides is 1. The summed E-state index contributed by atoms with van der Waals surface area (Å²) >= 11 is 0. The first-order valence-electron chi connectivity index (χ1n) is 6.45. The number of nitrogens with two attached hydrogens (primary N) is 2. The number of rotatable bonds is 6. The Labute approximate surface area is 115 Å². The maximum absolute atomic E-state index is 11.5. The van der Waals surface area contributed by atoms with Crippen molar-refractivity contribution in [2.75, 3.05) is 11.1 Å². The second-order valence-corrected chi connectivity index (χ2v) is 6.45. The molecule has 0 aliphatic rings. The van der Waals surface area contributed by atoms with Crippen LogP contribution in [0.3, 0.4) is 0 Å². The van der Waals surface area contributed by atoms with Gasteiger partial charge in [-0.2, -0.15) is 0 Å². The fourth-order valence-electron chi connectivity index (χ4n) is 2.00. The van der Waals surface area contributed by atoms with E-state index in [4.69, 9.17) is 10.9 Å². The predicted molar refractivity (Wildman–Crippen MR) is 79.6 cm³/mol. The number of hydrogen-bond donors (Lipinski definition) is 3. The molecule has 5 nitrogen and oxygen atoms in total. The molecular formula is C13H23N3O2S. The topological polar surface area (TPSA) is 98.2 Å². The van der Waals surface area contributed by atoms with E-state index >= 15 is 0 Å². The third-order valence-corrected chi connectivity index (χ3v) is 4.12. The molecule has 6 heteroatoms. The summed E-state index contributed by atoms with van der Waals surface area (Å²) in [6.45, 7) is 5.93. The molecule has 1 atom stereocenters. The highest BCUT2D eigenvalue weighted by atomic mass is 32.2. The van der Waals surface area contributed by atoms with Crippen LogP contribution in [0, 0.1) is 6.92 Å². The number of unbranched alkanes of at least 4 members (excludes halogenated alkanes) is 1. The molecule has 5 N–H and O–H groups in total. The lowest BCUT2D eigenvalue weighted by Gasteiger charge is -2.18. The van der Waals surface area contributed by atoms with Crippen LogP contribution in [-0.4, -0.2) is 14.5 Å². The molecule has 0 bridgehead atoms. The fraction of sp³-hybridized carbons (Fsp3) is 0.538. The second-order valence-electron chi connectivity index (χ2n) is 4.92. The number of hydrogen-bond acceptors (Lipinski definition) is 4. The van der Waals surface area contributed by atoms with E-state index in [1.54, 1.807) is 13.0 Å². The van der Waals surface area contributed by atoms with Gasteiger partial charge in [0.1, 0.15) is 0 Å². The highest BCUT2D eigenvalue weighted by molar-refractivity contribution is 7.89. The standard InChI is InChI=1S/C13H23N3O2S/c1-4-5-6-9(2)16-12-7-11(14)8-13(10(12)3)19(15,17)18/h7-9,16H,4-6,14H2,1-3H3,(H2,15,17,18). The molecule has 0 saturated carbocycles. The van der Waals surface area contributed by atoms with Crippen molar-refractivity contribution in [3.8, 4) is 0 Å². The molecule has 19 heavy (non-hydrogen) atoms. The molecule has 0 fully saturated rings. The molecule has 0 aliphatic carbocycles. The van der Waals surface area contributed by atoms with Gasteiger partial charge in [0.05, 0.1) is 4.90 Å². The third kappa shape index (κ3) is 4.40. The van der Waals surface area contributed by atoms with Crippen LogP contribution < -0.4 is 16.2 Å². The van der Waals surface area contributed by atoms with Crippen molar-refractivity contribution >= 4 is 21.4 Å². The first-order valence-corrected chi connectivity index (χ1v) is 7.99. The van der Waals surface area contributed by atoms with Crippen molar-refractivity contribution < 1.29 is 8.42 Å². The number of primary sulfonamides is 1. The highest BCUT2D eigenvalue weighted by Crippen LogP contribution is 2.27. The average molecular weight is 285 g/mol. The van der Waals surface area contributed by atoms with Crippen molar-refractivity contribution in [3.63, 3.8) is 0 Å². The number of benzene rings is 1. The first kappa shape index (κ1) is 15.8. The molecule has 108 valence electrons. The Morgan fingerprint density at radius 1 is 1.37 bits per heavy atom. The normalized spacial score (nSPS) is 13.3. The third-order valence-electron chi connectivity index (χ3n) is 3.08. The van der Waals surface area contributed by atoms with Crippen LogP contribution in [0.5, 0.6) is 0 Å². The van der Waals surface area contributed by atoms with Gasteiger partial charge in [0.15, 0.2) is 0 Å². The van der Waals surface area contributed by atoms with Gasteiger partial charge >= 0.3 is 0 Å². The maximum atomic E-state index is 11.5. The van der Waals surface area contributed by atoms with E-state index in [1.165, 1.54) is 6.07 Å². The van der Waals surface area contributed by atoms with Gasteiger partial charge in [-0.1, -0.05) is 19.8 Å². The minimum atomic E-state index is -3.75. The summed E-state index contributed by atoms with van der Waals surface area (Å²) in [6, 6.07) is 3.40. The predicted octanol–water partition coefficient (Wildman–Crippen LogP) is 2.22. The van der Waals surface area contributed by atoms with Crippen molar-refractivity contribution in [2.45, 2.75) is 51.0 Å². The quantitative estimate of drug-likeness (QED) is 0.698. The molecule has 0 aliphatic heterocycles. The summed E-state index contributed by atoms with van der Waals surface area (Å²) in [5.41, 5.74) is 7.47. The molecule has 0 aromatic heterocycles. The van der Waals surface area contributed by atoms with E-state index in [0.717, 1.165) is 24.9 Å². The molecule has 0 radical (unpaired) electrons. The van der Waals surface area contributed by atoms with E-state index in [-0.39, 0.29) is 10.9 Å². The summed E-state index contributed by atoms with van der Waals surface area (Å²) in [4.78, 5) is 0.0812. The lowest BCUT2D eigenvalue weighted by molar-refractivity contribution is 0.597. The summed E-state index contributed by atoms with van der Waals surface area (Å²) < 4.78 is 23.0. The monoisotopic (exact) mass is 285 g/mol. The van der Waals surface area contributed by atoms with Gasteiger partial charge in [0.2, 0.25) is 10.0 Å². The van der Waals surface area contributed by atoms with Gasteiger partial charge in [-0.25, -0.2) is 13.6 Å². The SMILES string of the molecule is CCCCC(C)Nc1cc(N)cc(S(N)(=O)=O)c1C. The summed E-state index contributed by atoms with van der Waals surface area (Å²) in [6.07, 6.45) is 3.28. The Hall–Kier alpha value is -1.27. The lowest BCUT2D eigenvalue weighted by Crippen LogP contribution is -2.19. The van der Waals surface area contributed by atoms with Gasteiger partial charge in [0.25, 0.3) is 0 Å². The second kappa shape index (κ2) is 6.25. The molecule has 0 saturated heterocycles. The molecule has 0 amide bonds. The Bertz CT molecular complexity index is 541. The van der Waals surface area contributed by atoms with E-state index < -0.39 is 10.0 Å². The lowest BCUT2D eigenvalue weighted by atomic mass is 10.1. The Balaban J connectivity index is 3.05. The molecule has 0 spiro atoms. The zero-order chi connectivity index (χ0) is 14.6. The molecule has 1 aromatic rings. The minimum Gasteiger partial charge on any atom is -0.399 e. The summed E-state index contributed by atoms with van der Waals surface area (Å²) in [5, 5.41) is 8.49. The Morgan fingerprint density at radius 2 is 2.00 bits per heavy atom. The van der Waals surface area contributed by atoms with Gasteiger partial charge in [-0.05, 0) is 38.0 Å². The van der Waals surface area contributed by atoms with Crippen LogP contribution in [0.2, 0.25) is 0 Å². The van der Waals surface area contributed by atoms with Gasteiger partial charge in [-0.3, -0.25) is 0 Å². The Morgan fingerprint density at radius 3 is 2.53 bits per heavy atom.